The average molecular weight is 418 g/mol. The number of ether oxygens (including phenoxy) is 1. The Labute approximate surface area is 177 Å². The highest BCUT2D eigenvalue weighted by Crippen LogP contribution is 2.28. The molecule has 158 valence electrons. The van der Waals surface area contributed by atoms with Gasteiger partial charge < -0.3 is 20.6 Å². The summed E-state index contributed by atoms with van der Waals surface area (Å²) in [6, 6.07) is 16.5. The van der Waals surface area contributed by atoms with Crippen molar-refractivity contribution in [1.29, 1.82) is 0 Å². The highest BCUT2D eigenvalue weighted by molar-refractivity contribution is 5.80. The van der Waals surface area contributed by atoms with E-state index >= 15 is 0 Å². The number of nitrogens with two attached hydrogens (primary N) is 1. The molecule has 2 heterocycles. The molecule has 1 amide bonds. The molecule has 0 aliphatic heterocycles. The van der Waals surface area contributed by atoms with Crippen LogP contribution in [0.1, 0.15) is 34.7 Å². The lowest BCUT2D eigenvalue weighted by atomic mass is 9.87. The summed E-state index contributed by atoms with van der Waals surface area (Å²) in [7, 11) is 1.59. The summed E-state index contributed by atoms with van der Waals surface area (Å²) in [5.74, 6) is -0.663. The van der Waals surface area contributed by atoms with E-state index in [0.29, 0.717) is 28.8 Å². The standard InChI is InChI=1S/C23H22N4O4/c1-31-15-8-6-13(7-9-15)10-19-21(23(30)27-26-19)16(12-20(24)28)17-11-14-4-2-3-5-18(14)25-22(17)29/h2-9,11,16H,10,12H2,1H3,(H2,24,28)(H,25,29)(H2,26,27,30)/t16-/m0/s1. The van der Waals surface area contributed by atoms with E-state index in [1.54, 1.807) is 19.2 Å². The van der Waals surface area contributed by atoms with Gasteiger partial charge in [0.05, 0.1) is 7.11 Å². The second kappa shape index (κ2) is 8.35. The van der Waals surface area contributed by atoms with E-state index in [0.717, 1.165) is 16.7 Å². The molecule has 0 aliphatic rings. The van der Waals surface area contributed by atoms with Crippen LogP contribution in [0.3, 0.4) is 0 Å². The summed E-state index contributed by atoms with van der Waals surface area (Å²) in [5.41, 5.74) is 7.60. The van der Waals surface area contributed by atoms with Crippen LogP contribution < -0.4 is 21.6 Å². The molecule has 0 fully saturated rings. The highest BCUT2D eigenvalue weighted by Gasteiger charge is 2.27. The molecule has 0 aliphatic carbocycles. The molecule has 5 N–H and O–H groups in total. The molecule has 8 nitrogen and oxygen atoms in total. The number of para-hydroxylation sites is 1. The lowest BCUT2D eigenvalue weighted by Crippen LogP contribution is -2.26. The topological polar surface area (TPSA) is 134 Å². The largest absolute Gasteiger partial charge is 0.497 e. The molecule has 4 rings (SSSR count). The smallest absolute Gasteiger partial charge is 0.267 e. The Kier molecular flexibility index (Phi) is 5.44. The van der Waals surface area contributed by atoms with Crippen LogP contribution in [0.5, 0.6) is 5.75 Å². The van der Waals surface area contributed by atoms with Crippen molar-refractivity contribution in [2.75, 3.05) is 7.11 Å². The molecule has 2 aromatic heterocycles. The van der Waals surface area contributed by atoms with Gasteiger partial charge in [-0.3, -0.25) is 19.5 Å². The summed E-state index contributed by atoms with van der Waals surface area (Å²) in [6.07, 6.45) is 0.233. The van der Waals surface area contributed by atoms with Crippen LogP contribution >= 0.6 is 0 Å². The van der Waals surface area contributed by atoms with Gasteiger partial charge in [0.25, 0.3) is 11.1 Å². The Morgan fingerprint density at radius 2 is 1.77 bits per heavy atom. The molecular formula is C23H22N4O4. The van der Waals surface area contributed by atoms with Crippen molar-refractivity contribution in [2.45, 2.75) is 18.8 Å². The van der Waals surface area contributed by atoms with Gasteiger partial charge in [-0.1, -0.05) is 30.3 Å². The fourth-order valence-electron chi connectivity index (χ4n) is 3.85. The van der Waals surface area contributed by atoms with Gasteiger partial charge in [0.15, 0.2) is 0 Å². The van der Waals surface area contributed by atoms with Crippen LogP contribution in [0.15, 0.2) is 64.2 Å². The molecule has 0 unspecified atom stereocenters. The van der Waals surface area contributed by atoms with Crippen molar-refractivity contribution in [3.8, 4) is 5.75 Å². The normalized spacial score (nSPS) is 12.0. The minimum atomic E-state index is -0.783. The monoisotopic (exact) mass is 418 g/mol. The zero-order valence-electron chi connectivity index (χ0n) is 16.9. The number of methoxy groups -OCH3 is 1. The Bertz CT molecular complexity index is 1350. The number of nitrogens with one attached hydrogen (secondary N) is 3. The van der Waals surface area contributed by atoms with Crippen molar-refractivity contribution in [1.82, 2.24) is 15.2 Å². The van der Waals surface area contributed by atoms with Crippen LogP contribution in [-0.4, -0.2) is 28.2 Å². The highest BCUT2D eigenvalue weighted by atomic mass is 16.5. The van der Waals surface area contributed by atoms with Gasteiger partial charge in [-0.2, -0.15) is 0 Å². The predicted molar refractivity (Wildman–Crippen MR) is 117 cm³/mol. The number of rotatable bonds is 7. The number of benzene rings is 2. The molecule has 2 aromatic carbocycles. The molecule has 0 bridgehead atoms. The molecular weight excluding hydrogens is 396 g/mol. The summed E-state index contributed by atoms with van der Waals surface area (Å²) >= 11 is 0. The molecule has 31 heavy (non-hydrogen) atoms. The van der Waals surface area contributed by atoms with Crippen molar-refractivity contribution in [2.24, 2.45) is 5.73 Å². The Hall–Kier alpha value is -4.07. The van der Waals surface area contributed by atoms with Crippen LogP contribution in [0.4, 0.5) is 0 Å². The summed E-state index contributed by atoms with van der Waals surface area (Å²) in [4.78, 5) is 40.3. The predicted octanol–water partition coefficient (Wildman–Crippen LogP) is 2.15. The second-order valence-corrected chi connectivity index (χ2v) is 7.36. The number of fused-ring (bicyclic) bond motifs is 1. The fraction of sp³-hybridized carbons (Fsp3) is 0.174. The van der Waals surface area contributed by atoms with Gasteiger partial charge in [-0.25, -0.2) is 0 Å². The number of amides is 1. The Morgan fingerprint density at radius 1 is 1.03 bits per heavy atom. The lowest BCUT2D eigenvalue weighted by molar-refractivity contribution is -0.118. The number of hydrogen-bond acceptors (Lipinski definition) is 4. The number of pyridine rings is 1. The number of carbonyl (C=O) groups excluding carboxylic acids is 1. The third kappa shape index (κ3) is 4.13. The van der Waals surface area contributed by atoms with Crippen molar-refractivity contribution in [3.63, 3.8) is 0 Å². The van der Waals surface area contributed by atoms with Gasteiger partial charge >= 0.3 is 0 Å². The first-order chi connectivity index (χ1) is 15.0. The van der Waals surface area contributed by atoms with Gasteiger partial charge in [-0.05, 0) is 35.2 Å². The molecule has 0 spiro atoms. The maximum absolute atomic E-state index is 12.9. The van der Waals surface area contributed by atoms with E-state index in [-0.39, 0.29) is 17.5 Å². The molecule has 1 atom stereocenters. The van der Waals surface area contributed by atoms with Crippen molar-refractivity contribution < 1.29 is 9.53 Å². The SMILES string of the molecule is COc1ccc(Cc2[nH][nH]c(=O)c2[C@@H](CC(N)=O)c2cc3ccccc3[nH]c2=O)cc1. The maximum atomic E-state index is 12.9. The number of primary amides is 1. The molecule has 8 heteroatoms. The van der Waals surface area contributed by atoms with Crippen LogP contribution in [0, 0.1) is 0 Å². The minimum absolute atomic E-state index is 0.169. The fourth-order valence-corrected chi connectivity index (χ4v) is 3.85. The third-order valence-electron chi connectivity index (χ3n) is 5.35. The number of aromatic amines is 3. The van der Waals surface area contributed by atoms with E-state index in [2.05, 4.69) is 15.2 Å². The zero-order chi connectivity index (χ0) is 22.0. The summed E-state index contributed by atoms with van der Waals surface area (Å²) in [6.45, 7) is 0. The maximum Gasteiger partial charge on any atom is 0.267 e. The Balaban J connectivity index is 1.81. The van der Waals surface area contributed by atoms with Crippen LogP contribution in [-0.2, 0) is 11.2 Å². The van der Waals surface area contributed by atoms with E-state index in [9.17, 15) is 14.4 Å². The summed E-state index contributed by atoms with van der Waals surface area (Å²) < 4.78 is 5.18. The van der Waals surface area contributed by atoms with Gasteiger partial charge in [-0.15, -0.1) is 0 Å². The lowest BCUT2D eigenvalue weighted by Gasteiger charge is -2.16. The molecule has 0 saturated heterocycles. The first kappa shape index (κ1) is 20.2. The van der Waals surface area contributed by atoms with Crippen LogP contribution in [0.25, 0.3) is 10.9 Å². The quantitative estimate of drug-likeness (QED) is 0.366. The van der Waals surface area contributed by atoms with E-state index < -0.39 is 11.8 Å². The van der Waals surface area contributed by atoms with Crippen molar-refractivity contribution in [3.05, 3.63) is 97.7 Å². The molecule has 4 aromatic rings. The average Bonchev–Trinajstić information content (AvgIpc) is 3.12. The first-order valence-corrected chi connectivity index (χ1v) is 9.79. The van der Waals surface area contributed by atoms with Gasteiger partial charge in [0.2, 0.25) is 5.91 Å². The number of aromatic nitrogens is 3. The molecule has 0 radical (unpaired) electrons. The Morgan fingerprint density at radius 3 is 2.48 bits per heavy atom. The third-order valence-corrected chi connectivity index (χ3v) is 5.35. The first-order valence-electron chi connectivity index (χ1n) is 9.79. The zero-order valence-corrected chi connectivity index (χ0v) is 16.9. The van der Waals surface area contributed by atoms with Gasteiger partial charge in [0, 0.05) is 41.1 Å². The van der Waals surface area contributed by atoms with E-state index in [4.69, 9.17) is 10.5 Å². The number of H-pyrrole nitrogens is 3. The van der Waals surface area contributed by atoms with E-state index in [1.165, 1.54) is 0 Å². The van der Waals surface area contributed by atoms with Crippen molar-refractivity contribution >= 4 is 16.8 Å². The van der Waals surface area contributed by atoms with Gasteiger partial charge in [0.1, 0.15) is 5.75 Å². The number of hydrogen-bond donors (Lipinski definition) is 4. The summed E-state index contributed by atoms with van der Waals surface area (Å²) in [5, 5.41) is 6.29. The minimum Gasteiger partial charge on any atom is -0.497 e. The van der Waals surface area contributed by atoms with Crippen LogP contribution in [0.2, 0.25) is 0 Å². The number of carbonyl (C=O) groups is 1. The second-order valence-electron chi connectivity index (χ2n) is 7.36. The van der Waals surface area contributed by atoms with E-state index in [1.807, 2.05) is 42.5 Å². The molecule has 0 saturated carbocycles.